The van der Waals surface area contributed by atoms with E-state index in [4.69, 9.17) is 15.4 Å². The summed E-state index contributed by atoms with van der Waals surface area (Å²) in [4.78, 5) is 0. The minimum Gasteiger partial charge on any atom is -0.378 e. The summed E-state index contributed by atoms with van der Waals surface area (Å²) in [5.74, 6) is 1.93. The summed E-state index contributed by atoms with van der Waals surface area (Å²) in [7, 11) is 1.91. The van der Waals surface area contributed by atoms with E-state index in [2.05, 4.69) is 20.8 Å². The van der Waals surface area contributed by atoms with E-state index in [0.29, 0.717) is 24.4 Å². The highest BCUT2D eigenvalue weighted by molar-refractivity contribution is 8.13. The van der Waals surface area contributed by atoms with Crippen molar-refractivity contribution in [3.05, 3.63) is 0 Å². The van der Waals surface area contributed by atoms with Gasteiger partial charge in [0.25, 0.3) is 0 Å². The number of halogens is 1. The van der Waals surface area contributed by atoms with E-state index < -0.39 is 9.05 Å². The molecule has 120 valence electrons. The lowest BCUT2D eigenvalue weighted by molar-refractivity contribution is -0.0493. The summed E-state index contributed by atoms with van der Waals surface area (Å²) in [6.45, 7) is 9.26. The van der Waals surface area contributed by atoms with Crippen LogP contribution < -0.4 is 0 Å². The lowest BCUT2D eigenvalue weighted by atomic mass is 9.75. The highest BCUT2D eigenvalue weighted by Gasteiger charge is 2.32. The zero-order valence-electron chi connectivity index (χ0n) is 13.1. The molecule has 4 unspecified atom stereocenters. The van der Waals surface area contributed by atoms with Crippen LogP contribution >= 0.6 is 10.7 Å². The third-order valence-electron chi connectivity index (χ3n) is 4.52. The monoisotopic (exact) mass is 324 g/mol. The van der Waals surface area contributed by atoms with Crippen molar-refractivity contribution < 1.29 is 13.2 Å². The molecule has 0 aromatic carbocycles. The van der Waals surface area contributed by atoms with Crippen molar-refractivity contribution in [2.75, 3.05) is 12.4 Å². The van der Waals surface area contributed by atoms with Crippen LogP contribution in [0.25, 0.3) is 0 Å². The van der Waals surface area contributed by atoms with Gasteiger partial charge in [-0.1, -0.05) is 40.5 Å². The van der Waals surface area contributed by atoms with Gasteiger partial charge in [-0.3, -0.25) is 0 Å². The van der Waals surface area contributed by atoms with Gasteiger partial charge in [0.2, 0.25) is 9.05 Å². The van der Waals surface area contributed by atoms with Gasteiger partial charge >= 0.3 is 0 Å². The van der Waals surface area contributed by atoms with Crippen molar-refractivity contribution in [1.29, 1.82) is 0 Å². The van der Waals surface area contributed by atoms with Crippen LogP contribution in [0.2, 0.25) is 0 Å². The molecular weight excluding hydrogens is 296 g/mol. The van der Waals surface area contributed by atoms with Gasteiger partial charge in [-0.2, -0.15) is 0 Å². The van der Waals surface area contributed by atoms with Crippen LogP contribution in [-0.4, -0.2) is 26.9 Å². The smallest absolute Gasteiger partial charge is 0.232 e. The molecular formula is C15H29ClO3S. The lowest BCUT2D eigenvalue weighted by Gasteiger charge is -2.37. The van der Waals surface area contributed by atoms with Crippen molar-refractivity contribution in [2.45, 2.75) is 59.5 Å². The molecule has 5 heteroatoms. The van der Waals surface area contributed by atoms with Crippen molar-refractivity contribution in [2.24, 2.45) is 23.7 Å². The number of hydrogen-bond donors (Lipinski definition) is 0. The zero-order chi connectivity index (χ0) is 15.3. The first-order chi connectivity index (χ1) is 9.23. The topological polar surface area (TPSA) is 43.4 Å². The highest BCUT2D eigenvalue weighted by Crippen LogP contribution is 2.35. The molecule has 3 nitrogen and oxygen atoms in total. The van der Waals surface area contributed by atoms with E-state index in [1.54, 1.807) is 0 Å². The summed E-state index contributed by atoms with van der Waals surface area (Å²) in [6, 6.07) is 0. The second-order valence-electron chi connectivity index (χ2n) is 6.68. The van der Waals surface area contributed by atoms with Gasteiger partial charge in [0, 0.05) is 10.7 Å². The molecule has 0 N–H and O–H groups in total. The van der Waals surface area contributed by atoms with Crippen molar-refractivity contribution in [1.82, 2.24) is 0 Å². The maximum absolute atomic E-state index is 11.2. The van der Waals surface area contributed by atoms with E-state index in [9.17, 15) is 8.42 Å². The molecule has 0 heterocycles. The maximum Gasteiger partial charge on any atom is 0.232 e. The average molecular weight is 325 g/mol. The Morgan fingerprint density at radius 3 is 2.45 bits per heavy atom. The van der Waals surface area contributed by atoms with E-state index in [1.807, 2.05) is 6.92 Å². The first-order valence-corrected chi connectivity index (χ1v) is 10.2. The second-order valence-corrected chi connectivity index (χ2v) is 9.50. The Kier molecular flexibility index (Phi) is 7.30. The SMILES string of the molecule is CCC(COC1CC(C)CCC1C(C)C)CS(=O)(=O)Cl. The fraction of sp³-hybridized carbons (Fsp3) is 1.00. The average Bonchev–Trinajstić information content (AvgIpc) is 2.32. The Bertz CT molecular complexity index is 381. The number of rotatable bonds is 7. The van der Waals surface area contributed by atoms with Crippen LogP contribution in [0.5, 0.6) is 0 Å². The molecule has 0 bridgehead atoms. The van der Waals surface area contributed by atoms with Gasteiger partial charge in [-0.15, -0.1) is 0 Å². The Balaban J connectivity index is 2.55. The molecule has 0 spiro atoms. The molecule has 0 saturated heterocycles. The third kappa shape index (κ3) is 6.31. The van der Waals surface area contributed by atoms with Gasteiger partial charge in [-0.05, 0) is 36.5 Å². The van der Waals surface area contributed by atoms with Gasteiger partial charge in [-0.25, -0.2) is 8.42 Å². The van der Waals surface area contributed by atoms with Crippen LogP contribution in [0, 0.1) is 23.7 Å². The molecule has 0 aliphatic heterocycles. The summed E-state index contributed by atoms with van der Waals surface area (Å²) in [5, 5.41) is 0. The number of ether oxygens (including phenoxy) is 1. The van der Waals surface area contributed by atoms with Gasteiger partial charge in [0.05, 0.1) is 18.5 Å². The normalized spacial score (nSPS) is 29.6. The van der Waals surface area contributed by atoms with Crippen LogP contribution in [0.4, 0.5) is 0 Å². The molecule has 4 atom stereocenters. The standard InChI is InChI=1S/C15H29ClO3S/c1-5-13(10-20(16,17)18)9-19-15-8-12(4)6-7-14(15)11(2)3/h11-15H,5-10H2,1-4H3. The lowest BCUT2D eigenvalue weighted by Crippen LogP contribution is -2.35. The highest BCUT2D eigenvalue weighted by atomic mass is 35.7. The van der Waals surface area contributed by atoms with Crippen molar-refractivity contribution in [3.63, 3.8) is 0 Å². The van der Waals surface area contributed by atoms with E-state index in [1.165, 1.54) is 12.8 Å². The summed E-state index contributed by atoms with van der Waals surface area (Å²) in [6.07, 6.45) is 4.63. The molecule has 20 heavy (non-hydrogen) atoms. The van der Waals surface area contributed by atoms with Gasteiger partial charge in [0.1, 0.15) is 0 Å². The molecule has 1 aliphatic rings. The molecule has 1 rings (SSSR count). The van der Waals surface area contributed by atoms with Crippen LogP contribution in [0.3, 0.4) is 0 Å². The Morgan fingerprint density at radius 1 is 1.30 bits per heavy atom. The quantitative estimate of drug-likeness (QED) is 0.663. The second kappa shape index (κ2) is 8.00. The first-order valence-electron chi connectivity index (χ1n) is 7.76. The Labute approximate surface area is 128 Å². The third-order valence-corrected chi connectivity index (χ3v) is 5.77. The fourth-order valence-corrected chi connectivity index (χ4v) is 4.56. The van der Waals surface area contributed by atoms with Gasteiger partial charge < -0.3 is 4.74 Å². The molecule has 1 saturated carbocycles. The maximum atomic E-state index is 11.2. The molecule has 0 amide bonds. The summed E-state index contributed by atoms with van der Waals surface area (Å²) < 4.78 is 28.5. The van der Waals surface area contributed by atoms with Gasteiger partial charge in [0.15, 0.2) is 0 Å². The van der Waals surface area contributed by atoms with E-state index in [-0.39, 0.29) is 17.8 Å². The predicted molar refractivity (Wildman–Crippen MR) is 84.5 cm³/mol. The van der Waals surface area contributed by atoms with E-state index >= 15 is 0 Å². The van der Waals surface area contributed by atoms with Crippen molar-refractivity contribution >= 4 is 19.7 Å². The molecule has 1 aliphatic carbocycles. The van der Waals surface area contributed by atoms with Crippen molar-refractivity contribution in [3.8, 4) is 0 Å². The summed E-state index contributed by atoms with van der Waals surface area (Å²) >= 11 is 0. The van der Waals surface area contributed by atoms with Crippen LogP contribution in [-0.2, 0) is 13.8 Å². The van der Waals surface area contributed by atoms with Crippen LogP contribution in [0.15, 0.2) is 0 Å². The molecule has 0 aromatic heterocycles. The zero-order valence-corrected chi connectivity index (χ0v) is 14.7. The predicted octanol–water partition coefficient (Wildman–Crippen LogP) is 4.06. The fourth-order valence-electron chi connectivity index (χ4n) is 3.13. The molecule has 1 fully saturated rings. The molecule has 0 radical (unpaired) electrons. The minimum atomic E-state index is -3.44. The largest absolute Gasteiger partial charge is 0.378 e. The Morgan fingerprint density at radius 2 is 1.95 bits per heavy atom. The van der Waals surface area contributed by atoms with Crippen LogP contribution in [0.1, 0.15) is 53.4 Å². The van der Waals surface area contributed by atoms with E-state index in [0.717, 1.165) is 12.8 Å². The number of hydrogen-bond acceptors (Lipinski definition) is 3. The minimum absolute atomic E-state index is 0.00236. The molecule has 0 aromatic rings. The summed E-state index contributed by atoms with van der Waals surface area (Å²) in [5.41, 5.74) is 0. The first kappa shape index (κ1) is 18.2. The Hall–Kier alpha value is 0.200.